The highest BCUT2D eigenvalue weighted by molar-refractivity contribution is 6.16. The average molecular weight is 182 g/mol. The Morgan fingerprint density at radius 3 is 2.31 bits per heavy atom. The molecular weight excluding hydrogens is 176 g/mol. The van der Waals surface area contributed by atoms with Gasteiger partial charge in [-0.1, -0.05) is 0 Å². The monoisotopic (exact) mass is 182 g/mol. The maximum absolute atomic E-state index is 10.4. The lowest BCUT2D eigenvalue weighted by Crippen LogP contribution is -2.10. The van der Waals surface area contributed by atoms with Gasteiger partial charge >= 0.3 is 11.9 Å². The van der Waals surface area contributed by atoms with Gasteiger partial charge < -0.3 is 14.6 Å². The molecule has 1 heterocycles. The van der Waals surface area contributed by atoms with E-state index >= 15 is 0 Å². The Morgan fingerprint density at radius 2 is 1.92 bits per heavy atom. The number of carboxylic acid groups (broad SMARTS) is 2. The molecule has 0 fully saturated rings. The number of hydrogen-bond acceptors (Lipinski definition) is 3. The van der Waals surface area contributed by atoms with Crippen molar-refractivity contribution in [3.63, 3.8) is 0 Å². The first-order chi connectivity index (χ1) is 6.11. The third-order valence-electron chi connectivity index (χ3n) is 1.29. The lowest BCUT2D eigenvalue weighted by Gasteiger charge is -1.92. The summed E-state index contributed by atoms with van der Waals surface area (Å²) < 4.78 is 4.76. The molecule has 0 aliphatic heterocycles. The molecule has 0 amide bonds. The smallest absolute Gasteiger partial charge is 0.343 e. The highest BCUT2D eigenvalue weighted by Gasteiger charge is 2.16. The van der Waals surface area contributed by atoms with Crippen LogP contribution in [0, 0.1) is 0 Å². The van der Waals surface area contributed by atoms with Gasteiger partial charge in [0.1, 0.15) is 11.3 Å². The lowest BCUT2D eigenvalue weighted by atomic mass is 10.2. The van der Waals surface area contributed by atoms with Crippen molar-refractivity contribution in [1.82, 2.24) is 0 Å². The zero-order valence-corrected chi connectivity index (χ0v) is 6.43. The van der Waals surface area contributed by atoms with E-state index in [1.165, 1.54) is 18.4 Å². The van der Waals surface area contributed by atoms with Crippen molar-refractivity contribution in [2.75, 3.05) is 0 Å². The van der Waals surface area contributed by atoms with Crippen molar-refractivity contribution in [2.24, 2.45) is 0 Å². The number of aliphatic carboxylic acids is 2. The van der Waals surface area contributed by atoms with E-state index in [0.29, 0.717) is 0 Å². The van der Waals surface area contributed by atoms with Gasteiger partial charge in [0.15, 0.2) is 0 Å². The standard InChI is InChI=1S/C8H6O5/c9-7(10)6(8(11)12)4-5-2-1-3-13-5/h1-4H,(H,9,10)(H,11,12). The largest absolute Gasteiger partial charge is 0.477 e. The molecule has 0 saturated carbocycles. The van der Waals surface area contributed by atoms with Crippen LogP contribution >= 0.6 is 0 Å². The molecule has 0 atom stereocenters. The summed E-state index contributed by atoms with van der Waals surface area (Å²) in [5.41, 5.74) is -0.727. The van der Waals surface area contributed by atoms with Crippen LogP contribution in [0.15, 0.2) is 28.4 Å². The second kappa shape index (κ2) is 3.57. The Labute approximate surface area is 72.9 Å². The van der Waals surface area contributed by atoms with Crippen LogP contribution in [0.5, 0.6) is 0 Å². The van der Waals surface area contributed by atoms with E-state index in [0.717, 1.165) is 6.08 Å². The Balaban J connectivity index is 3.01. The van der Waals surface area contributed by atoms with E-state index in [-0.39, 0.29) is 5.76 Å². The number of carbonyl (C=O) groups is 2. The van der Waals surface area contributed by atoms with E-state index in [1.54, 1.807) is 0 Å². The highest BCUT2D eigenvalue weighted by Crippen LogP contribution is 2.07. The average Bonchev–Trinajstić information content (AvgIpc) is 2.50. The first-order valence-electron chi connectivity index (χ1n) is 3.33. The second-order valence-electron chi connectivity index (χ2n) is 2.18. The fraction of sp³-hybridized carbons (Fsp3) is 0. The molecule has 0 aromatic carbocycles. The van der Waals surface area contributed by atoms with Gasteiger partial charge in [-0.15, -0.1) is 0 Å². The van der Waals surface area contributed by atoms with Gasteiger partial charge in [-0.25, -0.2) is 9.59 Å². The highest BCUT2D eigenvalue weighted by atomic mass is 16.4. The molecule has 0 spiro atoms. The zero-order chi connectivity index (χ0) is 9.84. The molecule has 0 saturated heterocycles. The van der Waals surface area contributed by atoms with Crippen molar-refractivity contribution in [1.29, 1.82) is 0 Å². The number of carboxylic acids is 2. The minimum absolute atomic E-state index is 0.194. The zero-order valence-electron chi connectivity index (χ0n) is 6.43. The van der Waals surface area contributed by atoms with E-state index < -0.39 is 17.5 Å². The predicted octanol–water partition coefficient (Wildman–Crippen LogP) is 0.832. The molecule has 0 aliphatic carbocycles. The molecule has 0 radical (unpaired) electrons. The molecular formula is C8H6O5. The molecule has 0 bridgehead atoms. The minimum Gasteiger partial charge on any atom is -0.477 e. The first-order valence-corrected chi connectivity index (χ1v) is 3.33. The Kier molecular flexibility index (Phi) is 2.49. The van der Waals surface area contributed by atoms with Crippen LogP contribution in [0.4, 0.5) is 0 Å². The quantitative estimate of drug-likeness (QED) is 0.410. The summed E-state index contributed by atoms with van der Waals surface area (Å²) in [4.78, 5) is 20.8. The van der Waals surface area contributed by atoms with Gasteiger partial charge in [-0.2, -0.15) is 0 Å². The SMILES string of the molecule is O=C(O)C(=Cc1ccco1)C(=O)O. The maximum atomic E-state index is 10.4. The summed E-state index contributed by atoms with van der Waals surface area (Å²) in [6, 6.07) is 3.00. The molecule has 1 aromatic heterocycles. The Morgan fingerprint density at radius 1 is 1.31 bits per heavy atom. The molecule has 5 nitrogen and oxygen atoms in total. The van der Waals surface area contributed by atoms with Gasteiger partial charge in [-0.3, -0.25) is 0 Å². The molecule has 13 heavy (non-hydrogen) atoms. The fourth-order valence-electron chi connectivity index (χ4n) is 0.731. The summed E-state index contributed by atoms with van der Waals surface area (Å²) in [5.74, 6) is -2.80. The molecule has 1 aromatic rings. The first kappa shape index (κ1) is 9.05. The van der Waals surface area contributed by atoms with Crippen molar-refractivity contribution < 1.29 is 24.2 Å². The van der Waals surface area contributed by atoms with Gasteiger partial charge in [0, 0.05) is 6.08 Å². The number of rotatable bonds is 3. The predicted molar refractivity (Wildman–Crippen MR) is 42.0 cm³/mol. The Bertz CT molecular complexity index is 331. The lowest BCUT2D eigenvalue weighted by molar-refractivity contribution is -0.140. The maximum Gasteiger partial charge on any atom is 0.343 e. The van der Waals surface area contributed by atoms with Crippen molar-refractivity contribution in [3.05, 3.63) is 29.7 Å². The molecule has 0 aliphatic rings. The van der Waals surface area contributed by atoms with Crippen LogP contribution < -0.4 is 0 Å². The molecule has 5 heteroatoms. The van der Waals surface area contributed by atoms with Crippen molar-refractivity contribution in [3.8, 4) is 0 Å². The molecule has 1 rings (SSSR count). The van der Waals surface area contributed by atoms with Crippen LogP contribution in [0.25, 0.3) is 6.08 Å². The van der Waals surface area contributed by atoms with Crippen LogP contribution in [0.1, 0.15) is 5.76 Å². The topological polar surface area (TPSA) is 87.7 Å². The van der Waals surface area contributed by atoms with Crippen LogP contribution in [0.3, 0.4) is 0 Å². The van der Waals surface area contributed by atoms with E-state index in [2.05, 4.69) is 0 Å². The summed E-state index contributed by atoms with van der Waals surface area (Å²) in [6.45, 7) is 0. The third kappa shape index (κ3) is 2.19. The third-order valence-corrected chi connectivity index (χ3v) is 1.29. The van der Waals surface area contributed by atoms with Crippen LogP contribution in [-0.4, -0.2) is 22.2 Å². The summed E-state index contributed by atoms with van der Waals surface area (Å²) >= 11 is 0. The normalized spacial score (nSPS) is 9.23. The molecule has 0 unspecified atom stereocenters. The van der Waals surface area contributed by atoms with Gasteiger partial charge in [0.2, 0.25) is 0 Å². The van der Waals surface area contributed by atoms with Gasteiger partial charge in [0.05, 0.1) is 6.26 Å². The van der Waals surface area contributed by atoms with Gasteiger partial charge in [0.25, 0.3) is 0 Å². The van der Waals surface area contributed by atoms with Crippen LogP contribution in [-0.2, 0) is 9.59 Å². The van der Waals surface area contributed by atoms with Gasteiger partial charge in [-0.05, 0) is 12.1 Å². The summed E-state index contributed by atoms with van der Waals surface area (Å²) in [5, 5.41) is 16.9. The molecule has 68 valence electrons. The number of hydrogen-bond donors (Lipinski definition) is 2. The van der Waals surface area contributed by atoms with E-state index in [1.807, 2.05) is 0 Å². The van der Waals surface area contributed by atoms with E-state index in [9.17, 15) is 9.59 Å². The molecule has 2 N–H and O–H groups in total. The summed E-state index contributed by atoms with van der Waals surface area (Å²) in [7, 11) is 0. The Hall–Kier alpha value is -2.04. The summed E-state index contributed by atoms with van der Waals surface area (Å²) in [6.07, 6.45) is 2.28. The van der Waals surface area contributed by atoms with Crippen molar-refractivity contribution in [2.45, 2.75) is 0 Å². The number of furan rings is 1. The minimum atomic E-state index is -1.50. The van der Waals surface area contributed by atoms with Crippen molar-refractivity contribution >= 4 is 18.0 Å². The van der Waals surface area contributed by atoms with E-state index in [4.69, 9.17) is 14.6 Å². The van der Waals surface area contributed by atoms with Crippen LogP contribution in [0.2, 0.25) is 0 Å². The fourth-order valence-corrected chi connectivity index (χ4v) is 0.731. The second-order valence-corrected chi connectivity index (χ2v) is 2.18.